The first-order valence-electron chi connectivity index (χ1n) is 8.81. The number of hydrogen-bond donors (Lipinski definition) is 1. The van der Waals surface area contributed by atoms with Crippen molar-refractivity contribution in [1.82, 2.24) is 14.9 Å². The average Bonchev–Trinajstić information content (AvgIpc) is 3.11. The minimum atomic E-state index is -0.326. The highest BCUT2D eigenvalue weighted by Gasteiger charge is 2.22. The van der Waals surface area contributed by atoms with Gasteiger partial charge in [-0.25, -0.2) is 9.37 Å². The number of nitrogens with one attached hydrogen (secondary N) is 1. The fourth-order valence-electron chi connectivity index (χ4n) is 3.11. The van der Waals surface area contributed by atoms with Gasteiger partial charge in [0.25, 0.3) is 5.56 Å². The molecule has 1 saturated heterocycles. The zero-order chi connectivity index (χ0) is 19.7. The van der Waals surface area contributed by atoms with Crippen molar-refractivity contribution in [2.45, 2.75) is 18.2 Å². The third kappa shape index (κ3) is 3.96. The highest BCUT2D eigenvalue weighted by Crippen LogP contribution is 2.31. The lowest BCUT2D eigenvalue weighted by atomic mass is 10.1. The maximum absolute atomic E-state index is 13.2. The summed E-state index contributed by atoms with van der Waals surface area (Å²) in [4.78, 5) is 34.6. The summed E-state index contributed by atoms with van der Waals surface area (Å²) in [7, 11) is 0. The van der Waals surface area contributed by atoms with Gasteiger partial charge in [-0.3, -0.25) is 9.59 Å². The van der Waals surface area contributed by atoms with Crippen molar-refractivity contribution in [1.29, 1.82) is 0 Å². The van der Waals surface area contributed by atoms with Crippen molar-refractivity contribution in [3.63, 3.8) is 0 Å². The monoisotopic (exact) mass is 419 g/mol. The van der Waals surface area contributed by atoms with E-state index in [1.54, 1.807) is 17.0 Å². The van der Waals surface area contributed by atoms with E-state index < -0.39 is 0 Å². The standard InChI is InChI=1S/C19H18FN3O3S2/c1-11-8-23(6-7-26-11)15(24)10-28-19-21-17(25)16-14(9-27-18(16)22-19)12-2-4-13(20)5-3-12/h2-5,9,11H,6-8,10H2,1H3,(H,21,22,25). The molecule has 1 atom stereocenters. The molecule has 1 aliphatic heterocycles. The summed E-state index contributed by atoms with van der Waals surface area (Å²) in [6, 6.07) is 6.01. The molecular weight excluding hydrogens is 401 g/mol. The molecule has 2 aromatic heterocycles. The molecule has 1 unspecified atom stereocenters. The van der Waals surface area contributed by atoms with Crippen molar-refractivity contribution >= 4 is 39.2 Å². The summed E-state index contributed by atoms with van der Waals surface area (Å²) >= 11 is 2.57. The maximum Gasteiger partial charge on any atom is 0.260 e. The Kier molecular flexibility index (Phi) is 5.47. The van der Waals surface area contributed by atoms with Gasteiger partial charge in [-0.2, -0.15) is 0 Å². The Labute approximate surface area is 168 Å². The number of thioether (sulfide) groups is 1. The summed E-state index contributed by atoms with van der Waals surface area (Å²) < 4.78 is 18.6. The number of amides is 1. The lowest BCUT2D eigenvalue weighted by Gasteiger charge is -2.31. The van der Waals surface area contributed by atoms with E-state index in [4.69, 9.17) is 4.74 Å². The predicted molar refractivity (Wildman–Crippen MR) is 108 cm³/mol. The number of rotatable bonds is 4. The molecule has 0 bridgehead atoms. The van der Waals surface area contributed by atoms with Crippen molar-refractivity contribution in [3.05, 3.63) is 45.8 Å². The van der Waals surface area contributed by atoms with Crippen LogP contribution in [-0.2, 0) is 9.53 Å². The summed E-state index contributed by atoms with van der Waals surface area (Å²) in [6.07, 6.45) is 0.0352. The number of morpholine rings is 1. The van der Waals surface area contributed by atoms with Crippen LogP contribution in [0.3, 0.4) is 0 Å². The van der Waals surface area contributed by atoms with Crippen LogP contribution < -0.4 is 5.56 Å². The molecule has 0 spiro atoms. The molecule has 6 nitrogen and oxygen atoms in total. The number of ether oxygens (including phenoxy) is 1. The minimum absolute atomic E-state index is 0.000997. The molecule has 28 heavy (non-hydrogen) atoms. The lowest BCUT2D eigenvalue weighted by molar-refractivity contribution is -0.135. The van der Waals surface area contributed by atoms with Crippen LogP contribution >= 0.6 is 23.1 Å². The van der Waals surface area contributed by atoms with Crippen molar-refractivity contribution in [2.24, 2.45) is 0 Å². The number of aromatic nitrogens is 2. The molecular formula is C19H18FN3O3S2. The summed E-state index contributed by atoms with van der Waals surface area (Å²) in [5.41, 5.74) is 1.22. The van der Waals surface area contributed by atoms with Crippen molar-refractivity contribution < 1.29 is 13.9 Å². The zero-order valence-corrected chi connectivity index (χ0v) is 16.7. The van der Waals surface area contributed by atoms with Crippen LogP contribution in [0.5, 0.6) is 0 Å². The van der Waals surface area contributed by atoms with E-state index >= 15 is 0 Å². The smallest absolute Gasteiger partial charge is 0.260 e. The lowest BCUT2D eigenvalue weighted by Crippen LogP contribution is -2.45. The van der Waals surface area contributed by atoms with Gasteiger partial charge in [0.15, 0.2) is 5.16 Å². The molecule has 146 valence electrons. The van der Waals surface area contributed by atoms with Crippen LogP contribution in [0.15, 0.2) is 39.6 Å². The molecule has 0 radical (unpaired) electrons. The van der Waals surface area contributed by atoms with Gasteiger partial charge < -0.3 is 14.6 Å². The average molecular weight is 420 g/mol. The number of hydrogen-bond acceptors (Lipinski definition) is 6. The van der Waals surface area contributed by atoms with Gasteiger partial charge in [0.2, 0.25) is 5.91 Å². The third-order valence-electron chi connectivity index (χ3n) is 4.50. The van der Waals surface area contributed by atoms with Gasteiger partial charge in [-0.05, 0) is 24.6 Å². The van der Waals surface area contributed by atoms with Gasteiger partial charge >= 0.3 is 0 Å². The van der Waals surface area contributed by atoms with Gasteiger partial charge in [-0.1, -0.05) is 23.9 Å². The maximum atomic E-state index is 13.2. The topological polar surface area (TPSA) is 75.3 Å². The molecule has 1 aliphatic rings. The number of benzene rings is 1. The normalized spacial score (nSPS) is 17.2. The number of aromatic amines is 1. The Bertz CT molecular complexity index is 1060. The Morgan fingerprint density at radius 3 is 2.96 bits per heavy atom. The zero-order valence-electron chi connectivity index (χ0n) is 15.1. The van der Waals surface area contributed by atoms with Crippen LogP contribution in [0.1, 0.15) is 6.92 Å². The quantitative estimate of drug-likeness (QED) is 0.519. The predicted octanol–water partition coefficient (Wildman–Crippen LogP) is 3.13. The van der Waals surface area contributed by atoms with Crippen LogP contribution in [-0.4, -0.2) is 52.3 Å². The largest absolute Gasteiger partial charge is 0.375 e. The second-order valence-electron chi connectivity index (χ2n) is 6.52. The highest BCUT2D eigenvalue weighted by molar-refractivity contribution is 7.99. The molecule has 1 fully saturated rings. The van der Waals surface area contributed by atoms with Crippen LogP contribution in [0, 0.1) is 5.82 Å². The second kappa shape index (κ2) is 8.02. The first kappa shape index (κ1) is 19.1. The molecule has 1 N–H and O–H groups in total. The summed E-state index contributed by atoms with van der Waals surface area (Å²) in [6.45, 7) is 3.64. The fourth-order valence-corrected chi connectivity index (χ4v) is 4.87. The Morgan fingerprint density at radius 1 is 1.43 bits per heavy atom. The molecule has 3 heterocycles. The van der Waals surface area contributed by atoms with E-state index in [2.05, 4.69) is 9.97 Å². The number of carbonyl (C=O) groups is 1. The van der Waals surface area contributed by atoms with E-state index in [1.807, 2.05) is 12.3 Å². The molecule has 1 aromatic carbocycles. The third-order valence-corrected chi connectivity index (χ3v) is 6.23. The number of carbonyl (C=O) groups excluding carboxylic acids is 1. The fraction of sp³-hybridized carbons (Fsp3) is 0.316. The van der Waals surface area contributed by atoms with Gasteiger partial charge in [-0.15, -0.1) is 11.3 Å². The van der Waals surface area contributed by atoms with Gasteiger partial charge in [0.05, 0.1) is 23.8 Å². The number of H-pyrrole nitrogens is 1. The van der Waals surface area contributed by atoms with Crippen molar-refractivity contribution in [2.75, 3.05) is 25.4 Å². The Hall–Kier alpha value is -2.23. The number of halogens is 1. The molecule has 1 amide bonds. The first-order valence-corrected chi connectivity index (χ1v) is 10.7. The molecule has 4 rings (SSSR count). The SMILES string of the molecule is CC1CN(C(=O)CSc2nc3scc(-c4ccc(F)cc4)c3c(=O)[nH]2)CCO1. The Morgan fingerprint density at radius 2 is 2.21 bits per heavy atom. The minimum Gasteiger partial charge on any atom is -0.375 e. The summed E-state index contributed by atoms with van der Waals surface area (Å²) in [5.74, 6) is -0.119. The van der Waals surface area contributed by atoms with Gasteiger partial charge in [0, 0.05) is 24.0 Å². The number of fused-ring (bicyclic) bond motifs is 1. The highest BCUT2D eigenvalue weighted by atomic mass is 32.2. The Balaban J connectivity index is 1.53. The molecule has 0 saturated carbocycles. The van der Waals surface area contributed by atoms with Crippen molar-refractivity contribution in [3.8, 4) is 11.1 Å². The van der Waals surface area contributed by atoms with E-state index in [-0.39, 0.29) is 29.1 Å². The van der Waals surface area contributed by atoms with E-state index in [0.29, 0.717) is 35.1 Å². The van der Waals surface area contributed by atoms with Gasteiger partial charge in [0.1, 0.15) is 10.6 Å². The van der Waals surface area contributed by atoms with E-state index in [9.17, 15) is 14.0 Å². The molecule has 9 heteroatoms. The number of thiophene rings is 1. The van der Waals surface area contributed by atoms with Crippen LogP contribution in [0.25, 0.3) is 21.3 Å². The van der Waals surface area contributed by atoms with E-state index in [1.165, 1.54) is 35.2 Å². The van der Waals surface area contributed by atoms with E-state index in [0.717, 1.165) is 11.1 Å². The molecule has 0 aliphatic carbocycles. The summed E-state index contributed by atoms with van der Waals surface area (Å²) in [5, 5.41) is 2.74. The molecule has 3 aromatic rings. The first-order chi connectivity index (χ1) is 13.5. The van der Waals surface area contributed by atoms with Crippen LogP contribution in [0.4, 0.5) is 4.39 Å². The van der Waals surface area contributed by atoms with Crippen LogP contribution in [0.2, 0.25) is 0 Å². The second-order valence-corrected chi connectivity index (χ2v) is 8.34. The number of nitrogens with zero attached hydrogens (tertiary/aromatic N) is 2.